The van der Waals surface area contributed by atoms with Gasteiger partial charge in [-0.2, -0.15) is 5.10 Å². The number of nitrogens with zero attached hydrogens (tertiary/aromatic N) is 3. The van der Waals surface area contributed by atoms with Gasteiger partial charge in [-0.15, -0.1) is 0 Å². The normalized spacial score (nSPS) is 10.9. The molecule has 0 aliphatic rings. The van der Waals surface area contributed by atoms with Crippen LogP contribution in [0.15, 0.2) is 6.07 Å². The molecule has 0 bridgehead atoms. The summed E-state index contributed by atoms with van der Waals surface area (Å²) in [6.45, 7) is 6.61. The van der Waals surface area contributed by atoms with Crippen LogP contribution < -0.4 is 5.32 Å². The lowest BCUT2D eigenvalue weighted by Crippen LogP contribution is -2.24. The summed E-state index contributed by atoms with van der Waals surface area (Å²) in [6, 6.07) is 1.83. The number of carbonyl (C=O) groups excluding carboxylic acids is 1. The molecule has 102 valence electrons. The van der Waals surface area contributed by atoms with Crippen molar-refractivity contribution in [3.8, 4) is 0 Å². The van der Waals surface area contributed by atoms with E-state index >= 15 is 0 Å². The zero-order chi connectivity index (χ0) is 14.0. The Hall–Kier alpha value is -1.91. The van der Waals surface area contributed by atoms with E-state index < -0.39 is 0 Å². The third-order valence-corrected chi connectivity index (χ3v) is 3.16. The summed E-state index contributed by atoms with van der Waals surface area (Å²) in [5.41, 5.74) is 3.10. The standard InChI is InChI=1S/C14H20N4O/c1-5-6-7-15-14(19)11-8-9(2)16-13-12(11)10(3)17-18(13)4/h8H,5-7H2,1-4H3,(H,15,19). The number of rotatable bonds is 4. The van der Waals surface area contributed by atoms with Crippen LogP contribution in [0, 0.1) is 13.8 Å². The van der Waals surface area contributed by atoms with Crippen molar-refractivity contribution in [3.05, 3.63) is 23.0 Å². The van der Waals surface area contributed by atoms with E-state index in [0.29, 0.717) is 12.1 Å². The van der Waals surface area contributed by atoms with Crippen LogP contribution in [-0.2, 0) is 7.05 Å². The predicted molar refractivity (Wildman–Crippen MR) is 75.2 cm³/mol. The highest BCUT2D eigenvalue weighted by molar-refractivity contribution is 6.06. The number of aryl methyl sites for hydroxylation is 3. The SMILES string of the molecule is CCCCNC(=O)c1cc(C)nc2c1c(C)nn2C. The minimum absolute atomic E-state index is 0.0416. The number of fused-ring (bicyclic) bond motifs is 1. The van der Waals surface area contributed by atoms with Crippen molar-refractivity contribution in [2.24, 2.45) is 7.05 Å². The molecule has 2 aromatic heterocycles. The fourth-order valence-electron chi connectivity index (χ4n) is 2.22. The summed E-state index contributed by atoms with van der Waals surface area (Å²) < 4.78 is 1.72. The smallest absolute Gasteiger partial charge is 0.252 e. The maximum atomic E-state index is 12.3. The Bertz CT molecular complexity index is 615. The Morgan fingerprint density at radius 1 is 1.42 bits per heavy atom. The van der Waals surface area contributed by atoms with Crippen LogP contribution >= 0.6 is 0 Å². The molecule has 0 aliphatic heterocycles. The number of unbranched alkanes of at least 4 members (excludes halogenated alkanes) is 1. The number of nitrogens with one attached hydrogen (secondary N) is 1. The Balaban J connectivity index is 2.44. The van der Waals surface area contributed by atoms with E-state index in [1.54, 1.807) is 4.68 Å². The molecule has 0 saturated heterocycles. The summed E-state index contributed by atoms with van der Waals surface area (Å²) in [5, 5.41) is 8.15. The molecule has 5 heteroatoms. The largest absolute Gasteiger partial charge is 0.352 e. The van der Waals surface area contributed by atoms with E-state index in [-0.39, 0.29) is 5.91 Å². The fourth-order valence-corrected chi connectivity index (χ4v) is 2.22. The van der Waals surface area contributed by atoms with Crippen LogP contribution in [0.5, 0.6) is 0 Å². The maximum Gasteiger partial charge on any atom is 0.252 e. The van der Waals surface area contributed by atoms with Gasteiger partial charge in [0.2, 0.25) is 0 Å². The first-order valence-electron chi connectivity index (χ1n) is 6.63. The molecule has 19 heavy (non-hydrogen) atoms. The molecule has 1 N–H and O–H groups in total. The van der Waals surface area contributed by atoms with Crippen LogP contribution in [0.25, 0.3) is 11.0 Å². The lowest BCUT2D eigenvalue weighted by molar-refractivity contribution is 0.0954. The van der Waals surface area contributed by atoms with Gasteiger partial charge in [-0.1, -0.05) is 13.3 Å². The van der Waals surface area contributed by atoms with Crippen molar-refractivity contribution in [2.75, 3.05) is 6.54 Å². The summed E-state index contributed by atoms with van der Waals surface area (Å²) >= 11 is 0. The maximum absolute atomic E-state index is 12.3. The summed E-state index contributed by atoms with van der Waals surface area (Å²) in [5.74, 6) is -0.0416. The van der Waals surface area contributed by atoms with E-state index in [1.807, 2.05) is 27.0 Å². The highest BCUT2D eigenvalue weighted by Gasteiger charge is 2.17. The van der Waals surface area contributed by atoms with Crippen molar-refractivity contribution >= 4 is 16.9 Å². The number of carbonyl (C=O) groups is 1. The van der Waals surface area contributed by atoms with Crippen LogP contribution in [0.2, 0.25) is 0 Å². The van der Waals surface area contributed by atoms with E-state index in [0.717, 1.165) is 35.3 Å². The predicted octanol–water partition coefficient (Wildman–Crippen LogP) is 2.12. The van der Waals surface area contributed by atoms with Gasteiger partial charge >= 0.3 is 0 Å². The average Bonchev–Trinajstić information content (AvgIpc) is 2.64. The molecule has 0 atom stereocenters. The topological polar surface area (TPSA) is 59.8 Å². The van der Waals surface area contributed by atoms with E-state index in [2.05, 4.69) is 22.3 Å². The van der Waals surface area contributed by atoms with Crippen LogP contribution in [-0.4, -0.2) is 27.2 Å². The van der Waals surface area contributed by atoms with Crippen molar-refractivity contribution < 1.29 is 4.79 Å². The van der Waals surface area contributed by atoms with E-state index in [9.17, 15) is 4.79 Å². The van der Waals surface area contributed by atoms with Crippen LogP contribution in [0.1, 0.15) is 41.5 Å². The van der Waals surface area contributed by atoms with Crippen molar-refractivity contribution in [1.29, 1.82) is 0 Å². The molecule has 1 amide bonds. The van der Waals surface area contributed by atoms with E-state index in [1.165, 1.54) is 0 Å². The average molecular weight is 260 g/mol. The van der Waals surface area contributed by atoms with Crippen molar-refractivity contribution in [2.45, 2.75) is 33.6 Å². The van der Waals surface area contributed by atoms with Gasteiger partial charge in [0.05, 0.1) is 16.6 Å². The second-order valence-electron chi connectivity index (χ2n) is 4.83. The van der Waals surface area contributed by atoms with Crippen molar-refractivity contribution in [1.82, 2.24) is 20.1 Å². The van der Waals surface area contributed by atoms with Gasteiger partial charge in [-0.05, 0) is 26.3 Å². The van der Waals surface area contributed by atoms with Gasteiger partial charge in [0.15, 0.2) is 5.65 Å². The second kappa shape index (κ2) is 5.38. The van der Waals surface area contributed by atoms with Gasteiger partial charge in [0.25, 0.3) is 5.91 Å². The summed E-state index contributed by atoms with van der Waals surface area (Å²) in [4.78, 5) is 16.7. The molecule has 0 aliphatic carbocycles. The third kappa shape index (κ3) is 2.59. The molecule has 2 aromatic rings. The molecule has 0 saturated carbocycles. The van der Waals surface area contributed by atoms with Gasteiger partial charge in [-0.25, -0.2) is 4.98 Å². The highest BCUT2D eigenvalue weighted by atomic mass is 16.1. The number of hydrogen-bond acceptors (Lipinski definition) is 3. The minimum Gasteiger partial charge on any atom is -0.352 e. The molecule has 0 aromatic carbocycles. The first-order chi connectivity index (χ1) is 9.04. The first kappa shape index (κ1) is 13.5. The Morgan fingerprint density at radius 3 is 2.84 bits per heavy atom. The highest BCUT2D eigenvalue weighted by Crippen LogP contribution is 2.21. The summed E-state index contributed by atoms with van der Waals surface area (Å²) in [6.07, 6.45) is 2.06. The number of pyridine rings is 1. The third-order valence-electron chi connectivity index (χ3n) is 3.16. The Kier molecular flexibility index (Phi) is 3.83. The molecule has 5 nitrogen and oxygen atoms in total. The molecule has 0 fully saturated rings. The number of aromatic nitrogens is 3. The lowest BCUT2D eigenvalue weighted by Gasteiger charge is -2.07. The molecule has 0 spiro atoms. The van der Waals surface area contributed by atoms with E-state index in [4.69, 9.17) is 0 Å². The first-order valence-corrected chi connectivity index (χ1v) is 6.63. The molecule has 2 heterocycles. The van der Waals surface area contributed by atoms with Gasteiger partial charge in [0.1, 0.15) is 0 Å². The number of amides is 1. The minimum atomic E-state index is -0.0416. The van der Waals surface area contributed by atoms with Gasteiger partial charge < -0.3 is 5.32 Å². The molecular formula is C14H20N4O. The molecule has 2 rings (SSSR count). The van der Waals surface area contributed by atoms with Crippen molar-refractivity contribution in [3.63, 3.8) is 0 Å². The quantitative estimate of drug-likeness (QED) is 0.857. The lowest BCUT2D eigenvalue weighted by atomic mass is 10.1. The fraction of sp³-hybridized carbons (Fsp3) is 0.500. The Labute approximate surface area is 113 Å². The summed E-state index contributed by atoms with van der Waals surface area (Å²) in [7, 11) is 1.85. The zero-order valence-corrected chi connectivity index (χ0v) is 11.9. The number of hydrogen-bond donors (Lipinski definition) is 1. The molecule has 0 unspecified atom stereocenters. The monoisotopic (exact) mass is 260 g/mol. The molecule has 0 radical (unpaired) electrons. The molecular weight excluding hydrogens is 240 g/mol. The Morgan fingerprint density at radius 2 is 2.16 bits per heavy atom. The van der Waals surface area contributed by atoms with Crippen LogP contribution in [0.3, 0.4) is 0 Å². The van der Waals surface area contributed by atoms with Gasteiger partial charge in [-0.3, -0.25) is 9.48 Å². The second-order valence-corrected chi connectivity index (χ2v) is 4.83. The van der Waals surface area contributed by atoms with Crippen LogP contribution in [0.4, 0.5) is 0 Å². The van der Waals surface area contributed by atoms with Gasteiger partial charge in [0, 0.05) is 19.3 Å². The zero-order valence-electron chi connectivity index (χ0n) is 11.9.